The Labute approximate surface area is 110 Å². The van der Waals surface area contributed by atoms with Gasteiger partial charge in [-0.15, -0.1) is 0 Å². The van der Waals surface area contributed by atoms with E-state index in [9.17, 15) is 0 Å². The van der Waals surface area contributed by atoms with Crippen LogP contribution in [0.5, 0.6) is 5.75 Å². The van der Waals surface area contributed by atoms with Gasteiger partial charge in [0, 0.05) is 18.0 Å². The number of aromatic nitrogens is 3. The van der Waals surface area contributed by atoms with Crippen molar-refractivity contribution in [1.29, 1.82) is 0 Å². The van der Waals surface area contributed by atoms with Crippen molar-refractivity contribution >= 4 is 5.65 Å². The maximum atomic E-state index is 5.18. The van der Waals surface area contributed by atoms with Crippen LogP contribution in [-0.2, 0) is 0 Å². The second-order valence-electron chi connectivity index (χ2n) is 4.44. The Bertz CT molecular complexity index is 748. The van der Waals surface area contributed by atoms with Crippen molar-refractivity contribution in [3.8, 4) is 17.0 Å². The third kappa shape index (κ3) is 1.84. The number of hydrogen-bond donors (Lipinski definition) is 1. The standard InChI is InChI=1S/C14H14N4O/c1-9-7-11(19-15)3-4-12(9)14-10(2)17-13-8-16-5-6-18(13)14/h3-8H,15H2,1-2H3. The predicted molar refractivity (Wildman–Crippen MR) is 72.7 cm³/mol. The molecule has 0 bridgehead atoms. The molecule has 0 amide bonds. The largest absolute Gasteiger partial charge is 0.412 e. The molecule has 0 spiro atoms. The Hall–Kier alpha value is -2.40. The summed E-state index contributed by atoms with van der Waals surface area (Å²) < 4.78 is 2.04. The van der Waals surface area contributed by atoms with Crippen molar-refractivity contribution in [2.24, 2.45) is 5.90 Å². The van der Waals surface area contributed by atoms with Gasteiger partial charge >= 0.3 is 0 Å². The van der Waals surface area contributed by atoms with E-state index in [0.717, 1.165) is 28.2 Å². The highest BCUT2D eigenvalue weighted by Crippen LogP contribution is 2.29. The number of nitrogens with zero attached hydrogens (tertiary/aromatic N) is 3. The van der Waals surface area contributed by atoms with Crippen molar-refractivity contribution in [2.75, 3.05) is 0 Å². The van der Waals surface area contributed by atoms with E-state index in [2.05, 4.69) is 9.97 Å². The molecule has 5 heteroatoms. The van der Waals surface area contributed by atoms with Crippen LogP contribution in [0, 0.1) is 13.8 Å². The Morgan fingerprint density at radius 1 is 1.26 bits per heavy atom. The van der Waals surface area contributed by atoms with Crippen LogP contribution in [0.2, 0.25) is 0 Å². The summed E-state index contributed by atoms with van der Waals surface area (Å²) in [5.41, 5.74) is 5.08. The molecular weight excluding hydrogens is 240 g/mol. The summed E-state index contributed by atoms with van der Waals surface area (Å²) in [5.74, 6) is 5.83. The molecule has 96 valence electrons. The molecule has 0 unspecified atom stereocenters. The van der Waals surface area contributed by atoms with Gasteiger partial charge in [0.2, 0.25) is 0 Å². The molecule has 0 radical (unpaired) electrons. The highest BCUT2D eigenvalue weighted by molar-refractivity contribution is 5.70. The molecule has 5 nitrogen and oxygen atoms in total. The van der Waals surface area contributed by atoms with Crippen molar-refractivity contribution in [2.45, 2.75) is 13.8 Å². The minimum atomic E-state index is 0.648. The number of fused-ring (bicyclic) bond motifs is 1. The lowest BCUT2D eigenvalue weighted by atomic mass is 10.0. The molecule has 1 aromatic carbocycles. The SMILES string of the molecule is Cc1cc(ON)ccc1-c1c(C)nc2cnccn12. The van der Waals surface area contributed by atoms with Gasteiger partial charge in [0.1, 0.15) is 5.75 Å². The summed E-state index contributed by atoms with van der Waals surface area (Å²) in [6.45, 7) is 4.02. The molecule has 2 heterocycles. The van der Waals surface area contributed by atoms with E-state index in [1.165, 1.54) is 0 Å². The van der Waals surface area contributed by atoms with E-state index in [-0.39, 0.29) is 0 Å². The van der Waals surface area contributed by atoms with Gasteiger partial charge in [-0.25, -0.2) is 4.98 Å². The van der Waals surface area contributed by atoms with Crippen LogP contribution in [0.3, 0.4) is 0 Å². The lowest BCUT2D eigenvalue weighted by Gasteiger charge is -2.08. The molecule has 3 rings (SSSR count). The zero-order valence-electron chi connectivity index (χ0n) is 10.8. The number of nitrogens with two attached hydrogens (primary N) is 1. The van der Waals surface area contributed by atoms with Crippen molar-refractivity contribution in [3.63, 3.8) is 0 Å². The van der Waals surface area contributed by atoms with Crippen LogP contribution in [0.25, 0.3) is 16.9 Å². The van der Waals surface area contributed by atoms with Gasteiger partial charge in [-0.3, -0.25) is 9.38 Å². The third-order valence-electron chi connectivity index (χ3n) is 3.19. The van der Waals surface area contributed by atoms with Crippen LogP contribution >= 0.6 is 0 Å². The molecular formula is C14H14N4O. The molecule has 19 heavy (non-hydrogen) atoms. The number of imidazole rings is 1. The summed E-state index contributed by atoms with van der Waals surface area (Å²) in [6.07, 6.45) is 5.42. The highest BCUT2D eigenvalue weighted by atomic mass is 16.6. The number of hydrogen-bond acceptors (Lipinski definition) is 4. The topological polar surface area (TPSA) is 65.4 Å². The quantitative estimate of drug-likeness (QED) is 0.712. The van der Waals surface area contributed by atoms with Crippen LogP contribution in [0.1, 0.15) is 11.3 Å². The summed E-state index contributed by atoms with van der Waals surface area (Å²) >= 11 is 0. The van der Waals surface area contributed by atoms with Gasteiger partial charge in [0.25, 0.3) is 0 Å². The average Bonchev–Trinajstić information content (AvgIpc) is 2.75. The molecule has 2 N–H and O–H groups in total. The Morgan fingerprint density at radius 3 is 2.84 bits per heavy atom. The molecule has 0 aliphatic heterocycles. The minimum Gasteiger partial charge on any atom is -0.412 e. The summed E-state index contributed by atoms with van der Waals surface area (Å²) in [7, 11) is 0. The maximum Gasteiger partial charge on any atom is 0.156 e. The molecule has 3 aromatic rings. The summed E-state index contributed by atoms with van der Waals surface area (Å²) in [4.78, 5) is 13.4. The number of aryl methyl sites for hydroxylation is 2. The van der Waals surface area contributed by atoms with Gasteiger partial charge in [-0.1, -0.05) is 0 Å². The highest BCUT2D eigenvalue weighted by Gasteiger charge is 2.13. The zero-order chi connectivity index (χ0) is 13.4. The van der Waals surface area contributed by atoms with E-state index in [0.29, 0.717) is 5.75 Å². The van der Waals surface area contributed by atoms with Crippen molar-refractivity contribution < 1.29 is 4.84 Å². The van der Waals surface area contributed by atoms with Crippen molar-refractivity contribution in [1.82, 2.24) is 14.4 Å². The molecule has 0 saturated carbocycles. The molecule has 0 atom stereocenters. The van der Waals surface area contributed by atoms with E-state index in [1.807, 2.05) is 42.6 Å². The second kappa shape index (κ2) is 4.37. The number of benzene rings is 1. The first-order valence-corrected chi connectivity index (χ1v) is 5.97. The summed E-state index contributed by atoms with van der Waals surface area (Å²) in [6, 6.07) is 5.76. The Kier molecular flexibility index (Phi) is 2.68. The first-order valence-electron chi connectivity index (χ1n) is 5.97. The minimum absolute atomic E-state index is 0.648. The fourth-order valence-electron chi connectivity index (χ4n) is 2.32. The fourth-order valence-corrected chi connectivity index (χ4v) is 2.32. The van der Waals surface area contributed by atoms with E-state index < -0.39 is 0 Å². The van der Waals surface area contributed by atoms with Crippen LogP contribution in [0.15, 0.2) is 36.8 Å². The van der Waals surface area contributed by atoms with Gasteiger partial charge in [0.15, 0.2) is 5.65 Å². The first-order chi connectivity index (χ1) is 9.20. The smallest absolute Gasteiger partial charge is 0.156 e. The predicted octanol–water partition coefficient (Wildman–Crippen LogP) is 2.27. The third-order valence-corrected chi connectivity index (χ3v) is 3.19. The molecule has 0 aliphatic rings. The van der Waals surface area contributed by atoms with E-state index in [1.54, 1.807) is 12.4 Å². The lowest BCUT2D eigenvalue weighted by molar-refractivity contribution is 0.334. The fraction of sp³-hybridized carbons (Fsp3) is 0.143. The van der Waals surface area contributed by atoms with Gasteiger partial charge in [0.05, 0.1) is 17.6 Å². The van der Waals surface area contributed by atoms with Crippen LogP contribution in [-0.4, -0.2) is 14.4 Å². The molecule has 0 saturated heterocycles. The van der Waals surface area contributed by atoms with E-state index >= 15 is 0 Å². The Balaban J connectivity index is 2.27. The van der Waals surface area contributed by atoms with Crippen molar-refractivity contribution in [3.05, 3.63) is 48.0 Å². The molecule has 0 aliphatic carbocycles. The molecule has 0 fully saturated rings. The summed E-state index contributed by atoms with van der Waals surface area (Å²) in [5, 5.41) is 0. The van der Waals surface area contributed by atoms with Gasteiger partial charge < -0.3 is 4.84 Å². The second-order valence-corrected chi connectivity index (χ2v) is 4.44. The number of rotatable bonds is 2. The van der Waals surface area contributed by atoms with Crippen LogP contribution < -0.4 is 10.7 Å². The van der Waals surface area contributed by atoms with Crippen LogP contribution in [0.4, 0.5) is 0 Å². The Morgan fingerprint density at radius 2 is 2.11 bits per heavy atom. The normalized spacial score (nSPS) is 10.9. The molecule has 2 aromatic heterocycles. The van der Waals surface area contributed by atoms with Gasteiger partial charge in [-0.05, 0) is 37.6 Å². The lowest BCUT2D eigenvalue weighted by Crippen LogP contribution is -2.02. The average molecular weight is 254 g/mol. The van der Waals surface area contributed by atoms with Gasteiger partial charge in [-0.2, -0.15) is 5.90 Å². The zero-order valence-corrected chi connectivity index (χ0v) is 10.8. The monoisotopic (exact) mass is 254 g/mol. The first kappa shape index (κ1) is 11.7. The maximum absolute atomic E-state index is 5.18. The van der Waals surface area contributed by atoms with E-state index in [4.69, 9.17) is 10.7 Å².